The number of carbonyl (C=O) groups excluding carboxylic acids is 2. The van der Waals surface area contributed by atoms with Crippen molar-refractivity contribution >= 4 is 11.8 Å². The molecule has 0 aromatic heterocycles. The second-order valence-electron chi connectivity index (χ2n) is 6.99. The third kappa shape index (κ3) is 5.34. The van der Waals surface area contributed by atoms with Crippen LogP contribution in [-0.2, 0) is 16.0 Å². The van der Waals surface area contributed by atoms with Crippen LogP contribution in [0.1, 0.15) is 32.3 Å². The third-order valence-electron chi connectivity index (χ3n) is 4.42. The number of aliphatic hydroxyl groups excluding tert-OH is 1. The Hall–Kier alpha value is -1.88. The Morgan fingerprint density at radius 3 is 2.67 bits per heavy atom. The first-order chi connectivity index (χ1) is 11.5. The van der Waals surface area contributed by atoms with Gasteiger partial charge in [0.2, 0.25) is 11.8 Å². The molecule has 0 radical (unpaired) electrons. The topological polar surface area (TPSA) is 69.6 Å². The van der Waals surface area contributed by atoms with Gasteiger partial charge in [-0.1, -0.05) is 44.2 Å². The molecule has 1 saturated heterocycles. The van der Waals surface area contributed by atoms with Crippen LogP contribution in [0.25, 0.3) is 0 Å². The van der Waals surface area contributed by atoms with E-state index < -0.39 is 0 Å². The number of benzene rings is 1. The van der Waals surface area contributed by atoms with Crippen molar-refractivity contribution in [3.63, 3.8) is 0 Å². The molecule has 0 bridgehead atoms. The lowest BCUT2D eigenvalue weighted by Gasteiger charge is -2.21. The summed E-state index contributed by atoms with van der Waals surface area (Å²) in [6.45, 7) is 5.15. The van der Waals surface area contributed by atoms with E-state index in [1.165, 1.54) is 5.56 Å². The Balaban J connectivity index is 1.83. The van der Waals surface area contributed by atoms with Crippen LogP contribution < -0.4 is 5.32 Å². The molecule has 0 spiro atoms. The van der Waals surface area contributed by atoms with Crippen molar-refractivity contribution in [1.29, 1.82) is 0 Å². The number of amides is 2. The van der Waals surface area contributed by atoms with E-state index in [1.54, 1.807) is 4.90 Å². The molecule has 1 fully saturated rings. The van der Waals surface area contributed by atoms with E-state index in [4.69, 9.17) is 0 Å². The molecule has 2 amide bonds. The molecule has 1 aliphatic rings. The van der Waals surface area contributed by atoms with Gasteiger partial charge in [-0.25, -0.2) is 0 Å². The number of rotatable bonds is 8. The van der Waals surface area contributed by atoms with Crippen LogP contribution in [-0.4, -0.2) is 47.6 Å². The van der Waals surface area contributed by atoms with Gasteiger partial charge in [0.1, 0.15) is 0 Å². The Bertz CT molecular complexity index is 545. The van der Waals surface area contributed by atoms with Gasteiger partial charge in [-0.3, -0.25) is 9.59 Å². The molecule has 2 unspecified atom stereocenters. The average molecular weight is 332 g/mol. The molecular formula is C19H28N2O3. The van der Waals surface area contributed by atoms with Crippen molar-refractivity contribution < 1.29 is 14.7 Å². The third-order valence-corrected chi connectivity index (χ3v) is 4.42. The first-order valence-electron chi connectivity index (χ1n) is 8.72. The Morgan fingerprint density at radius 1 is 1.33 bits per heavy atom. The summed E-state index contributed by atoms with van der Waals surface area (Å²) in [4.78, 5) is 26.3. The van der Waals surface area contributed by atoms with E-state index in [9.17, 15) is 14.7 Å². The van der Waals surface area contributed by atoms with E-state index in [-0.39, 0.29) is 36.8 Å². The zero-order valence-electron chi connectivity index (χ0n) is 14.6. The highest BCUT2D eigenvalue weighted by molar-refractivity contribution is 5.89. The lowest BCUT2D eigenvalue weighted by molar-refractivity contribution is -0.129. The molecule has 1 heterocycles. The summed E-state index contributed by atoms with van der Waals surface area (Å²) in [6.07, 6.45) is 1.80. The highest BCUT2D eigenvalue weighted by atomic mass is 16.3. The molecule has 2 atom stereocenters. The predicted octanol–water partition coefficient (Wildman–Crippen LogP) is 1.60. The van der Waals surface area contributed by atoms with Gasteiger partial charge in [0.15, 0.2) is 0 Å². The Kier molecular flexibility index (Phi) is 6.79. The van der Waals surface area contributed by atoms with Crippen LogP contribution in [0.15, 0.2) is 30.3 Å². The zero-order valence-corrected chi connectivity index (χ0v) is 14.6. The first kappa shape index (κ1) is 18.5. The molecule has 1 aliphatic heterocycles. The molecule has 5 nitrogen and oxygen atoms in total. The monoisotopic (exact) mass is 332 g/mol. The number of hydrogen-bond donors (Lipinski definition) is 2. The van der Waals surface area contributed by atoms with Crippen molar-refractivity contribution in [3.8, 4) is 0 Å². The smallest absolute Gasteiger partial charge is 0.225 e. The SMILES string of the molecule is CC(C)CC(CO)NC(=O)C1CC(=O)N(CCc2ccccc2)C1. The number of carbonyl (C=O) groups is 2. The summed E-state index contributed by atoms with van der Waals surface area (Å²) in [5, 5.41) is 12.3. The molecule has 0 saturated carbocycles. The standard InChI is InChI=1S/C19H28N2O3/c1-14(2)10-17(13-22)20-19(24)16-11-18(23)21(12-16)9-8-15-6-4-3-5-7-15/h3-7,14,16-17,22H,8-13H2,1-2H3,(H,20,24). The number of nitrogens with one attached hydrogen (secondary N) is 1. The van der Waals surface area contributed by atoms with E-state index in [0.29, 0.717) is 19.0 Å². The summed E-state index contributed by atoms with van der Waals surface area (Å²) in [5.74, 6) is 0.00488. The maximum atomic E-state index is 12.4. The summed E-state index contributed by atoms with van der Waals surface area (Å²) in [6, 6.07) is 9.80. The second-order valence-corrected chi connectivity index (χ2v) is 6.99. The van der Waals surface area contributed by atoms with Crippen molar-refractivity contribution in [1.82, 2.24) is 10.2 Å². The van der Waals surface area contributed by atoms with Crippen LogP contribution in [0.5, 0.6) is 0 Å². The van der Waals surface area contributed by atoms with Gasteiger partial charge in [-0.2, -0.15) is 0 Å². The minimum Gasteiger partial charge on any atom is -0.394 e. The largest absolute Gasteiger partial charge is 0.394 e. The summed E-state index contributed by atoms with van der Waals surface area (Å²) < 4.78 is 0. The predicted molar refractivity (Wildman–Crippen MR) is 93.3 cm³/mol. The maximum absolute atomic E-state index is 12.4. The van der Waals surface area contributed by atoms with Crippen LogP contribution in [0.4, 0.5) is 0 Å². The average Bonchev–Trinajstić information content (AvgIpc) is 2.94. The Morgan fingerprint density at radius 2 is 2.04 bits per heavy atom. The fourth-order valence-electron chi connectivity index (χ4n) is 3.14. The summed E-state index contributed by atoms with van der Waals surface area (Å²) >= 11 is 0. The molecule has 2 N–H and O–H groups in total. The van der Waals surface area contributed by atoms with E-state index in [2.05, 4.69) is 19.2 Å². The van der Waals surface area contributed by atoms with Crippen LogP contribution in [0.2, 0.25) is 0 Å². The zero-order chi connectivity index (χ0) is 17.5. The minimum atomic E-state index is -0.311. The molecule has 0 aliphatic carbocycles. The quantitative estimate of drug-likeness (QED) is 0.760. The highest BCUT2D eigenvalue weighted by Crippen LogP contribution is 2.19. The molecular weight excluding hydrogens is 304 g/mol. The fraction of sp³-hybridized carbons (Fsp3) is 0.579. The van der Waals surface area contributed by atoms with Crippen molar-refractivity contribution in [2.75, 3.05) is 19.7 Å². The van der Waals surface area contributed by atoms with Crippen molar-refractivity contribution in [2.45, 2.75) is 39.2 Å². The van der Waals surface area contributed by atoms with E-state index >= 15 is 0 Å². The van der Waals surface area contributed by atoms with E-state index in [1.807, 2.05) is 30.3 Å². The minimum absolute atomic E-state index is 0.0375. The summed E-state index contributed by atoms with van der Waals surface area (Å²) in [7, 11) is 0. The lowest BCUT2D eigenvalue weighted by atomic mass is 10.0. The van der Waals surface area contributed by atoms with Gasteiger partial charge in [-0.15, -0.1) is 0 Å². The fourth-order valence-corrected chi connectivity index (χ4v) is 3.14. The van der Waals surface area contributed by atoms with Gasteiger partial charge in [-0.05, 0) is 24.3 Å². The van der Waals surface area contributed by atoms with Gasteiger partial charge in [0.25, 0.3) is 0 Å². The van der Waals surface area contributed by atoms with Crippen LogP contribution >= 0.6 is 0 Å². The van der Waals surface area contributed by atoms with Crippen molar-refractivity contribution in [2.24, 2.45) is 11.8 Å². The molecule has 1 aromatic rings. The molecule has 5 heteroatoms. The number of likely N-dealkylation sites (tertiary alicyclic amines) is 1. The molecule has 1 aromatic carbocycles. The highest BCUT2D eigenvalue weighted by Gasteiger charge is 2.34. The molecule has 24 heavy (non-hydrogen) atoms. The number of aliphatic hydroxyl groups is 1. The maximum Gasteiger partial charge on any atom is 0.225 e. The van der Waals surface area contributed by atoms with Gasteiger partial charge >= 0.3 is 0 Å². The first-order valence-corrected chi connectivity index (χ1v) is 8.72. The molecule has 132 valence electrons. The van der Waals surface area contributed by atoms with Gasteiger partial charge < -0.3 is 15.3 Å². The van der Waals surface area contributed by atoms with Crippen LogP contribution in [0, 0.1) is 11.8 Å². The van der Waals surface area contributed by atoms with Crippen LogP contribution in [0.3, 0.4) is 0 Å². The lowest BCUT2D eigenvalue weighted by Crippen LogP contribution is -2.42. The second kappa shape index (κ2) is 8.83. The van der Waals surface area contributed by atoms with Crippen molar-refractivity contribution in [3.05, 3.63) is 35.9 Å². The van der Waals surface area contributed by atoms with Gasteiger partial charge in [0.05, 0.1) is 18.6 Å². The summed E-state index contributed by atoms with van der Waals surface area (Å²) in [5.41, 5.74) is 1.19. The molecule has 2 rings (SSSR count). The van der Waals surface area contributed by atoms with E-state index in [0.717, 1.165) is 12.8 Å². The Labute approximate surface area is 144 Å². The van der Waals surface area contributed by atoms with Gasteiger partial charge in [0, 0.05) is 19.5 Å². The normalized spacial score (nSPS) is 18.9. The number of hydrogen-bond acceptors (Lipinski definition) is 3. The number of nitrogens with zero attached hydrogens (tertiary/aromatic N) is 1.